The molecule has 3 atom stereocenters. The van der Waals surface area contributed by atoms with Crippen LogP contribution in [0.25, 0.3) is 0 Å². The number of pyridine rings is 1. The van der Waals surface area contributed by atoms with Crippen LogP contribution in [0.4, 0.5) is 13.2 Å². The van der Waals surface area contributed by atoms with E-state index in [1.807, 2.05) is 0 Å². The fourth-order valence-electron chi connectivity index (χ4n) is 4.81. The molecule has 30 heavy (non-hydrogen) atoms. The van der Waals surface area contributed by atoms with Crippen molar-refractivity contribution in [1.29, 1.82) is 0 Å². The Morgan fingerprint density at radius 2 is 1.97 bits per heavy atom. The summed E-state index contributed by atoms with van der Waals surface area (Å²) in [4.78, 5) is 17.0. The largest absolute Gasteiger partial charge is 0.352 e. The van der Waals surface area contributed by atoms with Crippen molar-refractivity contribution in [3.8, 4) is 0 Å². The van der Waals surface area contributed by atoms with Crippen molar-refractivity contribution in [3.63, 3.8) is 0 Å². The highest BCUT2D eigenvalue weighted by Crippen LogP contribution is 2.47. The first-order chi connectivity index (χ1) is 14.5. The Balaban J connectivity index is 1.28. The average molecular weight is 435 g/mol. The van der Waals surface area contributed by atoms with Crippen LogP contribution in [0.1, 0.15) is 48.0 Å². The Morgan fingerprint density at radius 3 is 2.73 bits per heavy atom. The van der Waals surface area contributed by atoms with Gasteiger partial charge in [-0.05, 0) is 79.4 Å². The molecule has 2 saturated carbocycles. The zero-order valence-corrected chi connectivity index (χ0v) is 17.5. The number of rotatable bonds is 8. The van der Waals surface area contributed by atoms with Gasteiger partial charge >= 0.3 is 0 Å². The fourth-order valence-corrected chi connectivity index (χ4v) is 5.74. The zero-order chi connectivity index (χ0) is 21.1. The minimum absolute atomic E-state index is 0.111. The molecule has 2 bridgehead atoms. The van der Waals surface area contributed by atoms with E-state index < -0.39 is 17.5 Å². The summed E-state index contributed by atoms with van der Waals surface area (Å²) < 4.78 is 40.1. The Kier molecular flexibility index (Phi) is 6.66. The van der Waals surface area contributed by atoms with Gasteiger partial charge in [-0.3, -0.25) is 4.79 Å². The standard InChI is InChI=1S/C23H25F3N2OS/c24-19-12-21(26)20(25)11-16(19)3-2-8-30-23-18(4-1-7-27-23)22(29)28-13-17-10-14-5-6-15(17)9-14/h1,4,7,11-12,14-15,17H,2-3,5-6,8-10,13H2,(H,28,29). The summed E-state index contributed by atoms with van der Waals surface area (Å²) in [5, 5.41) is 3.72. The van der Waals surface area contributed by atoms with Gasteiger partial charge in [-0.15, -0.1) is 11.8 Å². The quantitative estimate of drug-likeness (QED) is 0.344. The maximum absolute atomic E-state index is 13.7. The van der Waals surface area contributed by atoms with Crippen LogP contribution in [-0.2, 0) is 6.42 Å². The minimum Gasteiger partial charge on any atom is -0.352 e. The first-order valence-electron chi connectivity index (χ1n) is 10.5. The molecule has 3 unspecified atom stereocenters. The third kappa shape index (κ3) is 4.82. The highest BCUT2D eigenvalue weighted by Gasteiger charge is 2.39. The summed E-state index contributed by atoms with van der Waals surface area (Å²) >= 11 is 1.42. The molecule has 1 aromatic carbocycles. The van der Waals surface area contributed by atoms with Gasteiger partial charge in [0.25, 0.3) is 5.91 Å². The lowest BCUT2D eigenvalue weighted by Crippen LogP contribution is -2.32. The van der Waals surface area contributed by atoms with E-state index in [1.54, 1.807) is 18.3 Å². The lowest BCUT2D eigenvalue weighted by molar-refractivity contribution is 0.0938. The number of halogens is 3. The molecule has 0 saturated heterocycles. The second kappa shape index (κ2) is 9.41. The van der Waals surface area contributed by atoms with Crippen molar-refractivity contribution in [1.82, 2.24) is 10.3 Å². The molecule has 160 valence electrons. The topological polar surface area (TPSA) is 42.0 Å². The molecule has 0 spiro atoms. The molecule has 2 aliphatic rings. The van der Waals surface area contributed by atoms with E-state index in [1.165, 1.54) is 37.4 Å². The Bertz CT molecular complexity index is 923. The van der Waals surface area contributed by atoms with E-state index in [0.717, 1.165) is 17.9 Å². The number of aryl methyl sites for hydroxylation is 1. The third-order valence-corrected chi connectivity index (χ3v) is 7.44. The van der Waals surface area contributed by atoms with Crippen LogP contribution in [0.15, 0.2) is 35.5 Å². The van der Waals surface area contributed by atoms with Gasteiger partial charge in [0.2, 0.25) is 0 Å². The van der Waals surface area contributed by atoms with Gasteiger partial charge in [0.05, 0.1) is 5.56 Å². The molecule has 3 nitrogen and oxygen atoms in total. The molecule has 1 aromatic heterocycles. The number of benzene rings is 1. The number of nitrogens with one attached hydrogen (secondary N) is 1. The molecule has 0 radical (unpaired) electrons. The van der Waals surface area contributed by atoms with E-state index in [4.69, 9.17) is 0 Å². The lowest BCUT2D eigenvalue weighted by Gasteiger charge is -2.22. The average Bonchev–Trinajstić information content (AvgIpc) is 3.36. The molecule has 2 fully saturated rings. The van der Waals surface area contributed by atoms with E-state index >= 15 is 0 Å². The number of hydrogen-bond acceptors (Lipinski definition) is 3. The van der Waals surface area contributed by atoms with Crippen LogP contribution < -0.4 is 5.32 Å². The third-order valence-electron chi connectivity index (χ3n) is 6.34. The van der Waals surface area contributed by atoms with Gasteiger partial charge < -0.3 is 5.32 Å². The lowest BCUT2D eigenvalue weighted by atomic mass is 9.89. The normalized spacial score (nSPS) is 22.4. The Morgan fingerprint density at radius 1 is 1.13 bits per heavy atom. The van der Waals surface area contributed by atoms with Gasteiger partial charge in [-0.25, -0.2) is 18.2 Å². The van der Waals surface area contributed by atoms with E-state index in [2.05, 4.69) is 10.3 Å². The van der Waals surface area contributed by atoms with Gasteiger partial charge in [-0.1, -0.05) is 6.42 Å². The Labute approximate surface area is 178 Å². The van der Waals surface area contributed by atoms with Gasteiger partial charge in [-0.2, -0.15) is 0 Å². The predicted octanol–water partition coefficient (Wildman–Crippen LogP) is 5.39. The summed E-state index contributed by atoms with van der Waals surface area (Å²) in [6, 6.07) is 4.99. The van der Waals surface area contributed by atoms with Gasteiger partial charge in [0.1, 0.15) is 10.8 Å². The molecule has 1 amide bonds. The molecule has 2 aromatic rings. The fraction of sp³-hybridized carbons (Fsp3) is 0.478. The summed E-state index contributed by atoms with van der Waals surface area (Å²) in [6.45, 7) is 0.717. The Hall–Kier alpha value is -2.02. The molecule has 0 aliphatic heterocycles. The summed E-state index contributed by atoms with van der Waals surface area (Å²) in [6.07, 6.45) is 7.64. The number of amides is 1. The van der Waals surface area contributed by atoms with Crippen molar-refractivity contribution in [2.75, 3.05) is 12.3 Å². The van der Waals surface area contributed by atoms with Crippen LogP contribution >= 0.6 is 11.8 Å². The monoisotopic (exact) mass is 434 g/mol. The number of thioether (sulfide) groups is 1. The van der Waals surface area contributed by atoms with Crippen molar-refractivity contribution in [3.05, 3.63) is 59.0 Å². The van der Waals surface area contributed by atoms with E-state index in [9.17, 15) is 18.0 Å². The second-order valence-electron chi connectivity index (χ2n) is 8.31. The number of carbonyl (C=O) groups is 1. The zero-order valence-electron chi connectivity index (χ0n) is 16.7. The maximum atomic E-state index is 13.7. The molecule has 7 heteroatoms. The highest BCUT2D eigenvalue weighted by molar-refractivity contribution is 7.99. The summed E-state index contributed by atoms with van der Waals surface area (Å²) in [7, 11) is 0. The highest BCUT2D eigenvalue weighted by atomic mass is 32.2. The van der Waals surface area contributed by atoms with Crippen molar-refractivity contribution >= 4 is 17.7 Å². The van der Waals surface area contributed by atoms with Crippen LogP contribution in [0, 0.1) is 35.2 Å². The number of aromatic nitrogens is 1. The molecule has 2 aliphatic carbocycles. The number of hydrogen-bond donors (Lipinski definition) is 1. The predicted molar refractivity (Wildman–Crippen MR) is 111 cm³/mol. The van der Waals surface area contributed by atoms with Crippen molar-refractivity contribution in [2.45, 2.75) is 43.6 Å². The van der Waals surface area contributed by atoms with Crippen LogP contribution in [0.2, 0.25) is 0 Å². The number of nitrogens with zero attached hydrogens (tertiary/aromatic N) is 1. The summed E-state index contributed by atoms with van der Waals surface area (Å²) in [5.41, 5.74) is 0.698. The molecular formula is C23H25F3N2OS. The van der Waals surface area contributed by atoms with Crippen LogP contribution in [0.3, 0.4) is 0 Å². The first-order valence-corrected chi connectivity index (χ1v) is 11.5. The second-order valence-corrected chi connectivity index (χ2v) is 9.39. The maximum Gasteiger partial charge on any atom is 0.254 e. The van der Waals surface area contributed by atoms with Gasteiger partial charge in [0, 0.05) is 18.8 Å². The number of fused-ring (bicyclic) bond motifs is 2. The van der Waals surface area contributed by atoms with E-state index in [0.29, 0.717) is 41.3 Å². The van der Waals surface area contributed by atoms with Crippen molar-refractivity contribution in [2.24, 2.45) is 17.8 Å². The molecule has 4 rings (SSSR count). The smallest absolute Gasteiger partial charge is 0.254 e. The SMILES string of the molecule is O=C(NCC1CC2CCC1C2)c1cccnc1SCCCc1cc(F)c(F)cc1F. The minimum atomic E-state index is -1.18. The van der Waals surface area contributed by atoms with Gasteiger partial charge in [0.15, 0.2) is 11.6 Å². The summed E-state index contributed by atoms with van der Waals surface area (Å²) in [5.74, 6) is -0.292. The number of carbonyl (C=O) groups excluding carboxylic acids is 1. The molecular weight excluding hydrogens is 409 g/mol. The molecule has 1 heterocycles. The van der Waals surface area contributed by atoms with Crippen LogP contribution in [0.5, 0.6) is 0 Å². The van der Waals surface area contributed by atoms with E-state index in [-0.39, 0.29) is 17.9 Å². The van der Waals surface area contributed by atoms with Crippen LogP contribution in [-0.4, -0.2) is 23.2 Å². The first kappa shape index (κ1) is 21.2. The molecule has 1 N–H and O–H groups in total. The van der Waals surface area contributed by atoms with Crippen molar-refractivity contribution < 1.29 is 18.0 Å².